The van der Waals surface area contributed by atoms with Gasteiger partial charge in [0.15, 0.2) is 0 Å². The molecular weight excluding hydrogens is 224 g/mol. The third-order valence-electron chi connectivity index (χ3n) is 4.44. The topological polar surface area (TPSA) is 55.1 Å². The van der Waals surface area contributed by atoms with Gasteiger partial charge in [-0.05, 0) is 49.5 Å². The maximum Gasteiger partial charge on any atom is 0.220 e. The maximum atomic E-state index is 11.9. The van der Waals surface area contributed by atoms with Crippen LogP contribution in [0.15, 0.2) is 0 Å². The summed E-state index contributed by atoms with van der Waals surface area (Å²) in [6.07, 6.45) is 6.69. The van der Waals surface area contributed by atoms with Crippen molar-refractivity contribution in [3.8, 4) is 0 Å². The molecule has 0 unspecified atom stereocenters. The summed E-state index contributed by atoms with van der Waals surface area (Å²) in [7, 11) is 0. The molecule has 1 aliphatic rings. The van der Waals surface area contributed by atoms with Gasteiger partial charge >= 0.3 is 0 Å². The number of nitrogens with one attached hydrogen (secondary N) is 1. The van der Waals surface area contributed by atoms with E-state index in [9.17, 15) is 4.79 Å². The van der Waals surface area contributed by atoms with Crippen LogP contribution in [0.5, 0.6) is 0 Å². The molecule has 3 heteroatoms. The summed E-state index contributed by atoms with van der Waals surface area (Å²) in [5.74, 6) is 1.13. The Morgan fingerprint density at radius 2 is 2.06 bits per heavy atom. The first-order chi connectivity index (χ1) is 8.51. The molecule has 3 nitrogen and oxygen atoms in total. The van der Waals surface area contributed by atoms with E-state index >= 15 is 0 Å². The zero-order chi connectivity index (χ0) is 13.6. The lowest BCUT2D eigenvalue weighted by atomic mass is 9.67. The van der Waals surface area contributed by atoms with Crippen LogP contribution in [-0.2, 0) is 4.79 Å². The van der Waals surface area contributed by atoms with Crippen LogP contribution < -0.4 is 11.1 Å². The normalized spacial score (nSPS) is 19.4. The van der Waals surface area contributed by atoms with Gasteiger partial charge in [-0.3, -0.25) is 4.79 Å². The van der Waals surface area contributed by atoms with Gasteiger partial charge in [-0.2, -0.15) is 0 Å². The molecule has 0 bridgehead atoms. The van der Waals surface area contributed by atoms with E-state index in [-0.39, 0.29) is 5.91 Å². The summed E-state index contributed by atoms with van der Waals surface area (Å²) in [6, 6.07) is 0. The van der Waals surface area contributed by atoms with E-state index in [0.29, 0.717) is 30.2 Å². The largest absolute Gasteiger partial charge is 0.356 e. The highest BCUT2D eigenvalue weighted by Gasteiger charge is 2.35. The fourth-order valence-electron chi connectivity index (χ4n) is 2.88. The van der Waals surface area contributed by atoms with Gasteiger partial charge in [-0.15, -0.1) is 0 Å². The van der Waals surface area contributed by atoms with Gasteiger partial charge in [-0.1, -0.05) is 27.2 Å². The van der Waals surface area contributed by atoms with Crippen molar-refractivity contribution < 1.29 is 4.79 Å². The Bertz CT molecular complexity index is 254. The molecule has 1 fully saturated rings. The summed E-state index contributed by atoms with van der Waals surface area (Å²) in [5.41, 5.74) is 6.14. The van der Waals surface area contributed by atoms with Crippen LogP contribution in [0.25, 0.3) is 0 Å². The quantitative estimate of drug-likeness (QED) is 0.699. The Morgan fingerprint density at radius 3 is 2.44 bits per heavy atom. The van der Waals surface area contributed by atoms with Crippen LogP contribution in [-0.4, -0.2) is 19.0 Å². The Hall–Kier alpha value is -0.570. The minimum atomic E-state index is 0.186. The highest BCUT2D eigenvalue weighted by Crippen LogP contribution is 2.43. The van der Waals surface area contributed by atoms with Gasteiger partial charge in [0.05, 0.1) is 0 Å². The lowest BCUT2D eigenvalue weighted by molar-refractivity contribution is -0.123. The Labute approximate surface area is 112 Å². The Morgan fingerprint density at radius 1 is 1.39 bits per heavy atom. The van der Waals surface area contributed by atoms with Gasteiger partial charge in [0, 0.05) is 13.0 Å². The first-order valence-electron chi connectivity index (χ1n) is 7.48. The van der Waals surface area contributed by atoms with Crippen LogP contribution in [0.1, 0.15) is 59.3 Å². The molecule has 0 radical (unpaired) electrons. The lowest BCUT2D eigenvalue weighted by Crippen LogP contribution is -2.42. The van der Waals surface area contributed by atoms with Crippen molar-refractivity contribution in [2.75, 3.05) is 13.1 Å². The van der Waals surface area contributed by atoms with Crippen LogP contribution in [0.2, 0.25) is 0 Å². The fourth-order valence-corrected chi connectivity index (χ4v) is 2.88. The van der Waals surface area contributed by atoms with Crippen LogP contribution in [0.4, 0.5) is 0 Å². The SMILES string of the molecule is CCC1(CNC(=O)C[C@@H](CN)CC(C)C)CCC1. The van der Waals surface area contributed by atoms with E-state index in [4.69, 9.17) is 5.73 Å². The molecule has 0 aromatic heterocycles. The van der Waals surface area contributed by atoms with Crippen LogP contribution >= 0.6 is 0 Å². The van der Waals surface area contributed by atoms with Gasteiger partial charge < -0.3 is 11.1 Å². The average molecular weight is 254 g/mol. The van der Waals surface area contributed by atoms with Gasteiger partial charge in [-0.25, -0.2) is 0 Å². The van der Waals surface area contributed by atoms with Gasteiger partial charge in [0.2, 0.25) is 5.91 Å². The average Bonchev–Trinajstić information content (AvgIpc) is 2.26. The summed E-state index contributed by atoms with van der Waals surface area (Å²) in [4.78, 5) is 11.9. The molecule has 0 aromatic rings. The monoisotopic (exact) mass is 254 g/mol. The predicted octanol–water partition coefficient (Wildman–Crippen LogP) is 2.69. The number of rotatable bonds is 8. The highest BCUT2D eigenvalue weighted by molar-refractivity contribution is 5.76. The smallest absolute Gasteiger partial charge is 0.220 e. The number of carbonyl (C=O) groups excluding carboxylic acids is 1. The van der Waals surface area contributed by atoms with Gasteiger partial charge in [0.25, 0.3) is 0 Å². The van der Waals surface area contributed by atoms with E-state index < -0.39 is 0 Å². The third kappa shape index (κ3) is 4.60. The molecule has 0 spiro atoms. The van der Waals surface area contributed by atoms with E-state index in [1.807, 2.05) is 0 Å². The molecule has 0 saturated heterocycles. The molecule has 0 aromatic carbocycles. The summed E-state index contributed by atoms with van der Waals surface area (Å²) >= 11 is 0. The standard InChI is InChI=1S/C15H30N2O/c1-4-15(6-5-7-15)11-17-14(18)9-13(10-16)8-12(2)3/h12-13H,4-11,16H2,1-3H3,(H,17,18)/t13-/m0/s1. The molecule has 3 N–H and O–H groups in total. The van der Waals surface area contributed by atoms with Crippen molar-refractivity contribution in [2.24, 2.45) is 23.0 Å². The van der Waals surface area contributed by atoms with Crippen molar-refractivity contribution in [3.05, 3.63) is 0 Å². The molecule has 0 heterocycles. The second-order valence-electron chi connectivity index (χ2n) is 6.42. The molecule has 18 heavy (non-hydrogen) atoms. The molecule has 1 rings (SSSR count). The summed E-state index contributed by atoms with van der Waals surface area (Å²) < 4.78 is 0. The molecule has 0 aliphatic heterocycles. The fraction of sp³-hybridized carbons (Fsp3) is 0.933. The van der Waals surface area contributed by atoms with E-state index in [2.05, 4.69) is 26.1 Å². The number of hydrogen-bond acceptors (Lipinski definition) is 2. The number of nitrogens with two attached hydrogens (primary N) is 1. The lowest BCUT2D eigenvalue weighted by Gasteiger charge is -2.41. The first kappa shape index (κ1) is 15.5. The molecule has 1 amide bonds. The van der Waals surface area contributed by atoms with Crippen molar-refractivity contribution >= 4 is 5.91 Å². The Kier molecular flexibility index (Phi) is 6.13. The van der Waals surface area contributed by atoms with E-state index in [0.717, 1.165) is 13.0 Å². The molecule has 1 atom stereocenters. The highest BCUT2D eigenvalue weighted by atomic mass is 16.1. The third-order valence-corrected chi connectivity index (χ3v) is 4.44. The van der Waals surface area contributed by atoms with E-state index in [1.54, 1.807) is 0 Å². The van der Waals surface area contributed by atoms with E-state index in [1.165, 1.54) is 25.7 Å². The van der Waals surface area contributed by atoms with Crippen LogP contribution in [0, 0.1) is 17.3 Å². The van der Waals surface area contributed by atoms with Crippen molar-refractivity contribution in [1.82, 2.24) is 5.32 Å². The van der Waals surface area contributed by atoms with Crippen molar-refractivity contribution in [1.29, 1.82) is 0 Å². The minimum absolute atomic E-state index is 0.186. The number of amides is 1. The molecule has 1 aliphatic carbocycles. The summed E-state index contributed by atoms with van der Waals surface area (Å²) in [5, 5.41) is 3.12. The van der Waals surface area contributed by atoms with Crippen molar-refractivity contribution in [3.63, 3.8) is 0 Å². The van der Waals surface area contributed by atoms with Crippen LogP contribution in [0.3, 0.4) is 0 Å². The predicted molar refractivity (Wildman–Crippen MR) is 76.2 cm³/mol. The molecule has 106 valence electrons. The second-order valence-corrected chi connectivity index (χ2v) is 6.42. The number of carbonyl (C=O) groups is 1. The molecule has 1 saturated carbocycles. The molecular formula is C15H30N2O. The Balaban J connectivity index is 2.27. The van der Waals surface area contributed by atoms with Crippen molar-refractivity contribution in [2.45, 2.75) is 59.3 Å². The zero-order valence-electron chi connectivity index (χ0n) is 12.3. The first-order valence-corrected chi connectivity index (χ1v) is 7.48. The zero-order valence-corrected chi connectivity index (χ0v) is 12.3. The summed E-state index contributed by atoms with van der Waals surface area (Å²) in [6.45, 7) is 8.07. The van der Waals surface area contributed by atoms with Gasteiger partial charge in [0.1, 0.15) is 0 Å². The number of hydrogen-bond donors (Lipinski definition) is 2. The maximum absolute atomic E-state index is 11.9. The second kappa shape index (κ2) is 7.13. The minimum Gasteiger partial charge on any atom is -0.356 e.